The molecule has 3 unspecified atom stereocenters. The first kappa shape index (κ1) is 11.4. The Bertz CT molecular complexity index is 207. The largest absolute Gasteiger partial charge is 0.326 e. The van der Waals surface area contributed by atoms with Crippen molar-refractivity contribution >= 4 is 0 Å². The van der Waals surface area contributed by atoms with Crippen molar-refractivity contribution < 1.29 is 0 Å². The lowest BCUT2D eigenvalue weighted by molar-refractivity contribution is 0.0629. The third-order valence-corrected chi connectivity index (χ3v) is 3.99. The van der Waals surface area contributed by atoms with Gasteiger partial charge in [0.25, 0.3) is 0 Å². The third-order valence-electron chi connectivity index (χ3n) is 3.99. The predicted molar refractivity (Wildman–Crippen MR) is 63.8 cm³/mol. The molecular weight excluding hydrogens is 186 g/mol. The highest BCUT2D eigenvalue weighted by molar-refractivity contribution is 4.90. The average molecular weight is 211 g/mol. The van der Waals surface area contributed by atoms with Crippen LogP contribution >= 0.6 is 0 Å². The molecule has 3 heteroatoms. The van der Waals surface area contributed by atoms with E-state index in [0.29, 0.717) is 12.1 Å². The van der Waals surface area contributed by atoms with Crippen LogP contribution in [0.3, 0.4) is 0 Å². The Balaban J connectivity index is 1.94. The van der Waals surface area contributed by atoms with Gasteiger partial charge in [-0.3, -0.25) is 4.90 Å². The Morgan fingerprint density at radius 1 is 1.13 bits per heavy atom. The Labute approximate surface area is 93.6 Å². The second-order valence-electron chi connectivity index (χ2n) is 5.52. The van der Waals surface area contributed by atoms with Crippen molar-refractivity contribution in [1.82, 2.24) is 9.80 Å². The maximum atomic E-state index is 6.25. The van der Waals surface area contributed by atoms with Gasteiger partial charge < -0.3 is 10.6 Å². The summed E-state index contributed by atoms with van der Waals surface area (Å²) in [4.78, 5) is 5.06. The number of likely N-dealkylation sites (tertiary alicyclic amines) is 2. The molecule has 0 aliphatic carbocycles. The molecule has 0 amide bonds. The van der Waals surface area contributed by atoms with Gasteiger partial charge in [-0.05, 0) is 45.3 Å². The number of likely N-dealkylation sites (N-methyl/N-ethyl adjacent to an activating group) is 1. The van der Waals surface area contributed by atoms with Crippen LogP contribution in [0.1, 0.15) is 26.2 Å². The summed E-state index contributed by atoms with van der Waals surface area (Å²) >= 11 is 0. The Morgan fingerprint density at radius 2 is 1.93 bits per heavy atom. The van der Waals surface area contributed by atoms with Crippen molar-refractivity contribution in [3.05, 3.63) is 0 Å². The summed E-state index contributed by atoms with van der Waals surface area (Å²) in [5.74, 6) is 0.859. The molecule has 2 aliphatic heterocycles. The standard InChI is InChI=1S/C12H25N3/c1-10-4-3-6-15(8-10)12-9-14(2)7-5-11(12)13/h10-12H,3-9,13H2,1-2H3. The molecule has 3 atom stereocenters. The van der Waals surface area contributed by atoms with Gasteiger partial charge in [-0.1, -0.05) is 6.92 Å². The molecule has 0 aromatic heterocycles. The molecule has 0 aromatic carbocycles. The van der Waals surface area contributed by atoms with Crippen molar-refractivity contribution in [2.45, 2.75) is 38.3 Å². The van der Waals surface area contributed by atoms with Crippen LogP contribution in [0.15, 0.2) is 0 Å². The molecule has 2 saturated heterocycles. The number of hydrogen-bond acceptors (Lipinski definition) is 3. The van der Waals surface area contributed by atoms with Crippen LogP contribution in [0.2, 0.25) is 0 Å². The van der Waals surface area contributed by atoms with Gasteiger partial charge in [0.05, 0.1) is 0 Å². The molecule has 2 heterocycles. The van der Waals surface area contributed by atoms with E-state index in [1.165, 1.54) is 32.5 Å². The number of nitrogens with two attached hydrogens (primary N) is 1. The average Bonchev–Trinajstić information content (AvgIpc) is 2.22. The van der Waals surface area contributed by atoms with E-state index in [0.717, 1.165) is 18.9 Å². The number of piperidine rings is 2. The first-order chi connectivity index (χ1) is 7.16. The van der Waals surface area contributed by atoms with Crippen molar-refractivity contribution in [1.29, 1.82) is 0 Å². The summed E-state index contributed by atoms with van der Waals surface area (Å²) in [6.45, 7) is 7.21. The Kier molecular flexibility index (Phi) is 3.65. The zero-order chi connectivity index (χ0) is 10.8. The van der Waals surface area contributed by atoms with Gasteiger partial charge in [-0.25, -0.2) is 0 Å². The molecule has 2 aliphatic rings. The lowest BCUT2D eigenvalue weighted by Crippen LogP contribution is -2.59. The van der Waals surface area contributed by atoms with Crippen molar-refractivity contribution in [2.24, 2.45) is 11.7 Å². The topological polar surface area (TPSA) is 32.5 Å². The fourth-order valence-corrected chi connectivity index (χ4v) is 3.02. The van der Waals surface area contributed by atoms with Crippen LogP contribution in [-0.4, -0.2) is 55.1 Å². The molecule has 2 fully saturated rings. The van der Waals surface area contributed by atoms with E-state index in [9.17, 15) is 0 Å². The molecule has 0 radical (unpaired) electrons. The van der Waals surface area contributed by atoms with Gasteiger partial charge in [-0.15, -0.1) is 0 Å². The fourth-order valence-electron chi connectivity index (χ4n) is 3.02. The zero-order valence-corrected chi connectivity index (χ0v) is 10.2. The molecule has 0 aromatic rings. The van der Waals surface area contributed by atoms with Gasteiger partial charge in [0.2, 0.25) is 0 Å². The minimum Gasteiger partial charge on any atom is -0.326 e. The maximum absolute atomic E-state index is 6.25. The number of hydrogen-bond donors (Lipinski definition) is 1. The van der Waals surface area contributed by atoms with Gasteiger partial charge in [0, 0.05) is 25.2 Å². The van der Waals surface area contributed by atoms with Gasteiger partial charge >= 0.3 is 0 Å². The van der Waals surface area contributed by atoms with Crippen molar-refractivity contribution in [2.75, 3.05) is 33.2 Å². The number of rotatable bonds is 1. The highest BCUT2D eigenvalue weighted by Gasteiger charge is 2.31. The predicted octanol–water partition coefficient (Wildman–Crippen LogP) is 0.750. The van der Waals surface area contributed by atoms with Crippen LogP contribution < -0.4 is 5.73 Å². The van der Waals surface area contributed by atoms with Crippen LogP contribution in [0, 0.1) is 5.92 Å². The number of nitrogens with zero attached hydrogens (tertiary/aromatic N) is 2. The molecule has 0 saturated carbocycles. The molecular formula is C12H25N3. The fraction of sp³-hybridized carbons (Fsp3) is 1.00. The molecule has 0 spiro atoms. The third kappa shape index (κ3) is 2.71. The molecule has 2 rings (SSSR count). The lowest BCUT2D eigenvalue weighted by atomic mass is 9.93. The summed E-state index contributed by atoms with van der Waals surface area (Å²) in [5, 5.41) is 0. The van der Waals surface area contributed by atoms with E-state index in [2.05, 4.69) is 23.8 Å². The van der Waals surface area contributed by atoms with Crippen LogP contribution in [0.25, 0.3) is 0 Å². The van der Waals surface area contributed by atoms with Gasteiger partial charge in [0.1, 0.15) is 0 Å². The molecule has 2 N–H and O–H groups in total. The van der Waals surface area contributed by atoms with E-state index < -0.39 is 0 Å². The molecule has 15 heavy (non-hydrogen) atoms. The van der Waals surface area contributed by atoms with E-state index >= 15 is 0 Å². The first-order valence-electron chi connectivity index (χ1n) is 6.35. The Morgan fingerprint density at radius 3 is 2.67 bits per heavy atom. The lowest BCUT2D eigenvalue weighted by Gasteiger charge is -2.44. The minimum atomic E-state index is 0.395. The molecule has 3 nitrogen and oxygen atoms in total. The molecule has 0 bridgehead atoms. The van der Waals surface area contributed by atoms with Crippen LogP contribution in [-0.2, 0) is 0 Å². The van der Waals surface area contributed by atoms with E-state index in [4.69, 9.17) is 5.73 Å². The zero-order valence-electron chi connectivity index (χ0n) is 10.2. The van der Waals surface area contributed by atoms with Gasteiger partial charge in [0.15, 0.2) is 0 Å². The summed E-state index contributed by atoms with van der Waals surface area (Å²) in [7, 11) is 2.21. The quantitative estimate of drug-likeness (QED) is 0.695. The second kappa shape index (κ2) is 4.81. The maximum Gasteiger partial charge on any atom is 0.0374 e. The van der Waals surface area contributed by atoms with Crippen LogP contribution in [0.4, 0.5) is 0 Å². The highest BCUT2D eigenvalue weighted by atomic mass is 15.2. The monoisotopic (exact) mass is 211 g/mol. The summed E-state index contributed by atoms with van der Waals surface area (Å²) in [5.41, 5.74) is 6.25. The van der Waals surface area contributed by atoms with E-state index in [1.807, 2.05) is 0 Å². The van der Waals surface area contributed by atoms with Crippen molar-refractivity contribution in [3.63, 3.8) is 0 Å². The van der Waals surface area contributed by atoms with Crippen LogP contribution in [0.5, 0.6) is 0 Å². The Hall–Kier alpha value is -0.120. The molecule has 88 valence electrons. The summed E-state index contributed by atoms with van der Waals surface area (Å²) in [6, 6.07) is 0.998. The van der Waals surface area contributed by atoms with Crippen molar-refractivity contribution in [3.8, 4) is 0 Å². The van der Waals surface area contributed by atoms with E-state index in [1.54, 1.807) is 0 Å². The second-order valence-corrected chi connectivity index (χ2v) is 5.52. The SMILES string of the molecule is CC1CCCN(C2CN(C)CCC2N)C1. The minimum absolute atomic E-state index is 0.395. The van der Waals surface area contributed by atoms with E-state index in [-0.39, 0.29) is 0 Å². The van der Waals surface area contributed by atoms with Gasteiger partial charge in [-0.2, -0.15) is 0 Å². The summed E-state index contributed by atoms with van der Waals surface area (Å²) < 4.78 is 0. The summed E-state index contributed by atoms with van der Waals surface area (Å²) in [6.07, 6.45) is 3.91. The first-order valence-corrected chi connectivity index (χ1v) is 6.35. The normalized spacial score (nSPS) is 40.6. The highest BCUT2D eigenvalue weighted by Crippen LogP contribution is 2.21. The smallest absolute Gasteiger partial charge is 0.0374 e.